The van der Waals surface area contributed by atoms with E-state index in [4.69, 9.17) is 5.73 Å². The van der Waals surface area contributed by atoms with Crippen LogP contribution in [0.3, 0.4) is 0 Å². The molecule has 94 valence electrons. The predicted molar refractivity (Wildman–Crippen MR) is 66.2 cm³/mol. The van der Waals surface area contributed by atoms with Crippen LogP contribution in [-0.4, -0.2) is 42.5 Å². The van der Waals surface area contributed by atoms with Crippen LogP contribution in [0.25, 0.3) is 0 Å². The molecule has 1 amide bonds. The molecule has 1 rings (SSSR count). The Bertz CT molecular complexity index is 216. The lowest BCUT2D eigenvalue weighted by molar-refractivity contribution is -0.120. The molecule has 4 nitrogen and oxygen atoms in total. The van der Waals surface area contributed by atoms with Gasteiger partial charge in [0.1, 0.15) is 0 Å². The fraction of sp³-hybridized carbons (Fsp3) is 0.917. The number of hydrogen-bond acceptors (Lipinski definition) is 3. The van der Waals surface area contributed by atoms with Crippen molar-refractivity contribution >= 4 is 5.91 Å². The summed E-state index contributed by atoms with van der Waals surface area (Å²) in [6.45, 7) is 7.18. The van der Waals surface area contributed by atoms with E-state index in [1.54, 1.807) is 0 Å². The van der Waals surface area contributed by atoms with Gasteiger partial charge in [0.15, 0.2) is 0 Å². The molecule has 16 heavy (non-hydrogen) atoms. The molecule has 0 heterocycles. The number of carbonyl (C=O) groups is 1. The fourth-order valence-electron chi connectivity index (χ4n) is 2.00. The average Bonchev–Trinajstić information content (AvgIpc) is 3.07. The Morgan fingerprint density at radius 2 is 2.19 bits per heavy atom. The second kappa shape index (κ2) is 6.86. The van der Waals surface area contributed by atoms with Crippen molar-refractivity contribution in [3.8, 4) is 0 Å². The molecular weight excluding hydrogens is 202 g/mol. The summed E-state index contributed by atoms with van der Waals surface area (Å²) in [4.78, 5) is 13.7. The summed E-state index contributed by atoms with van der Waals surface area (Å²) in [7, 11) is 0. The SMILES string of the molecule is CCCNC(CCN(CC)C1CC1)C(N)=O. The van der Waals surface area contributed by atoms with Gasteiger partial charge in [-0.05, 0) is 38.8 Å². The molecule has 1 aliphatic rings. The van der Waals surface area contributed by atoms with Crippen LogP contribution in [0.15, 0.2) is 0 Å². The lowest BCUT2D eigenvalue weighted by Gasteiger charge is -2.22. The number of nitrogens with zero attached hydrogens (tertiary/aromatic N) is 1. The molecule has 0 aromatic rings. The van der Waals surface area contributed by atoms with Gasteiger partial charge >= 0.3 is 0 Å². The Morgan fingerprint density at radius 3 is 2.62 bits per heavy atom. The van der Waals surface area contributed by atoms with Gasteiger partial charge in [0.05, 0.1) is 6.04 Å². The third kappa shape index (κ3) is 4.49. The first-order valence-corrected chi connectivity index (χ1v) is 6.45. The van der Waals surface area contributed by atoms with Crippen molar-refractivity contribution in [3.63, 3.8) is 0 Å². The summed E-state index contributed by atoms with van der Waals surface area (Å²) in [5.41, 5.74) is 5.38. The maximum atomic E-state index is 11.2. The van der Waals surface area contributed by atoms with E-state index in [1.165, 1.54) is 12.8 Å². The molecule has 4 heteroatoms. The van der Waals surface area contributed by atoms with Gasteiger partial charge in [-0.1, -0.05) is 13.8 Å². The van der Waals surface area contributed by atoms with E-state index < -0.39 is 0 Å². The lowest BCUT2D eigenvalue weighted by atomic mass is 10.1. The monoisotopic (exact) mass is 227 g/mol. The van der Waals surface area contributed by atoms with E-state index in [9.17, 15) is 4.79 Å². The largest absolute Gasteiger partial charge is 0.368 e. The molecule has 1 saturated carbocycles. The number of carbonyl (C=O) groups excluding carboxylic acids is 1. The summed E-state index contributed by atoms with van der Waals surface area (Å²) in [6, 6.07) is 0.609. The van der Waals surface area contributed by atoms with Crippen molar-refractivity contribution in [1.29, 1.82) is 0 Å². The molecule has 0 aliphatic heterocycles. The van der Waals surface area contributed by atoms with Gasteiger partial charge < -0.3 is 16.0 Å². The van der Waals surface area contributed by atoms with Crippen molar-refractivity contribution in [2.75, 3.05) is 19.6 Å². The first kappa shape index (κ1) is 13.5. The van der Waals surface area contributed by atoms with Crippen molar-refractivity contribution in [2.24, 2.45) is 5.73 Å². The van der Waals surface area contributed by atoms with Crippen LogP contribution in [-0.2, 0) is 4.79 Å². The molecule has 0 spiro atoms. The Morgan fingerprint density at radius 1 is 1.50 bits per heavy atom. The molecule has 3 N–H and O–H groups in total. The number of primary amides is 1. The molecule has 1 unspecified atom stereocenters. The van der Waals surface area contributed by atoms with Crippen LogP contribution in [0.4, 0.5) is 0 Å². The number of hydrogen-bond donors (Lipinski definition) is 2. The van der Waals surface area contributed by atoms with E-state index in [1.807, 2.05) is 0 Å². The second-order valence-electron chi connectivity index (χ2n) is 4.56. The highest BCUT2D eigenvalue weighted by Gasteiger charge is 2.28. The van der Waals surface area contributed by atoms with Crippen LogP contribution >= 0.6 is 0 Å². The molecule has 0 aromatic heterocycles. The van der Waals surface area contributed by atoms with Crippen molar-refractivity contribution in [2.45, 2.75) is 51.6 Å². The highest BCUT2D eigenvalue weighted by molar-refractivity contribution is 5.79. The molecule has 0 radical (unpaired) electrons. The number of nitrogens with two attached hydrogens (primary N) is 1. The van der Waals surface area contributed by atoms with E-state index in [2.05, 4.69) is 24.1 Å². The molecule has 1 fully saturated rings. The van der Waals surface area contributed by atoms with Crippen LogP contribution in [0, 0.1) is 0 Å². The van der Waals surface area contributed by atoms with E-state index in [-0.39, 0.29) is 11.9 Å². The average molecular weight is 227 g/mol. The third-order valence-corrected chi connectivity index (χ3v) is 3.16. The van der Waals surface area contributed by atoms with Crippen LogP contribution in [0.5, 0.6) is 0 Å². The molecule has 0 aromatic carbocycles. The number of amides is 1. The van der Waals surface area contributed by atoms with Crippen molar-refractivity contribution < 1.29 is 4.79 Å². The number of rotatable bonds is 9. The normalized spacial score (nSPS) is 17.7. The Kier molecular flexibility index (Phi) is 5.77. The van der Waals surface area contributed by atoms with Gasteiger partial charge in [-0.3, -0.25) is 4.79 Å². The standard InChI is InChI=1S/C12H25N3O/c1-3-8-14-11(12(13)16)7-9-15(4-2)10-5-6-10/h10-11,14H,3-9H2,1-2H3,(H2,13,16). The molecule has 0 bridgehead atoms. The van der Waals surface area contributed by atoms with Gasteiger partial charge in [-0.2, -0.15) is 0 Å². The molecule has 1 atom stereocenters. The highest BCUT2D eigenvalue weighted by Crippen LogP contribution is 2.26. The zero-order valence-corrected chi connectivity index (χ0v) is 10.5. The molecule has 1 aliphatic carbocycles. The zero-order valence-electron chi connectivity index (χ0n) is 10.5. The van der Waals surface area contributed by atoms with E-state index in [0.29, 0.717) is 0 Å². The van der Waals surface area contributed by atoms with Gasteiger partial charge in [0.2, 0.25) is 5.91 Å². The van der Waals surface area contributed by atoms with Crippen LogP contribution in [0.1, 0.15) is 39.5 Å². The minimum Gasteiger partial charge on any atom is -0.368 e. The van der Waals surface area contributed by atoms with Gasteiger partial charge in [-0.15, -0.1) is 0 Å². The zero-order chi connectivity index (χ0) is 12.0. The topological polar surface area (TPSA) is 58.4 Å². The van der Waals surface area contributed by atoms with Gasteiger partial charge in [0, 0.05) is 12.6 Å². The summed E-state index contributed by atoms with van der Waals surface area (Å²) in [6.07, 6.45) is 4.50. The first-order chi connectivity index (χ1) is 7.69. The van der Waals surface area contributed by atoms with Crippen LogP contribution < -0.4 is 11.1 Å². The number of nitrogens with one attached hydrogen (secondary N) is 1. The molecular formula is C12H25N3O. The van der Waals surface area contributed by atoms with Gasteiger partial charge in [0.25, 0.3) is 0 Å². The Labute approximate surface area is 98.6 Å². The van der Waals surface area contributed by atoms with Crippen LogP contribution in [0.2, 0.25) is 0 Å². The molecule has 0 saturated heterocycles. The summed E-state index contributed by atoms with van der Waals surface area (Å²) in [5.74, 6) is -0.222. The second-order valence-corrected chi connectivity index (χ2v) is 4.56. The summed E-state index contributed by atoms with van der Waals surface area (Å²) in [5, 5.41) is 3.21. The summed E-state index contributed by atoms with van der Waals surface area (Å²) < 4.78 is 0. The maximum Gasteiger partial charge on any atom is 0.234 e. The highest BCUT2D eigenvalue weighted by atomic mass is 16.1. The summed E-state index contributed by atoms with van der Waals surface area (Å²) >= 11 is 0. The van der Waals surface area contributed by atoms with E-state index >= 15 is 0 Å². The quantitative estimate of drug-likeness (QED) is 0.610. The third-order valence-electron chi connectivity index (χ3n) is 3.16. The fourth-order valence-corrected chi connectivity index (χ4v) is 2.00. The van der Waals surface area contributed by atoms with Crippen molar-refractivity contribution in [3.05, 3.63) is 0 Å². The van der Waals surface area contributed by atoms with E-state index in [0.717, 1.165) is 38.5 Å². The first-order valence-electron chi connectivity index (χ1n) is 6.45. The minimum atomic E-state index is -0.222. The van der Waals surface area contributed by atoms with Crippen molar-refractivity contribution in [1.82, 2.24) is 10.2 Å². The predicted octanol–water partition coefficient (Wildman–Crippen LogP) is 0.714. The van der Waals surface area contributed by atoms with Gasteiger partial charge in [-0.25, -0.2) is 0 Å². The Balaban J connectivity index is 2.27. The maximum absolute atomic E-state index is 11.2. The minimum absolute atomic E-state index is 0.159. The lowest BCUT2D eigenvalue weighted by Crippen LogP contribution is -2.44. The smallest absolute Gasteiger partial charge is 0.234 e. The Hall–Kier alpha value is -0.610.